The molecule has 0 aromatic carbocycles. The molecule has 1 aliphatic rings. The number of hydrogen-bond donors (Lipinski definition) is 1. The maximum atomic E-state index is 5.75. The van der Waals surface area contributed by atoms with Crippen LogP contribution in [0, 0.1) is 0 Å². The first-order valence-corrected chi connectivity index (χ1v) is 7.22. The number of aryl methyl sites for hydroxylation is 1. The molecule has 0 saturated heterocycles. The van der Waals surface area contributed by atoms with Crippen molar-refractivity contribution in [1.82, 2.24) is 20.1 Å². The quantitative estimate of drug-likeness (QED) is 0.842. The molecule has 106 valence electrons. The zero-order valence-corrected chi connectivity index (χ0v) is 11.7. The highest BCUT2D eigenvalue weighted by atomic mass is 16.5. The van der Waals surface area contributed by atoms with E-state index in [2.05, 4.69) is 22.3 Å². The summed E-state index contributed by atoms with van der Waals surface area (Å²) in [7, 11) is 0. The van der Waals surface area contributed by atoms with Crippen LogP contribution in [-0.2, 0) is 13.1 Å². The Morgan fingerprint density at radius 3 is 3.15 bits per heavy atom. The third-order valence-electron chi connectivity index (χ3n) is 3.26. The number of rotatable bonds is 7. The molecule has 0 bridgehead atoms. The lowest BCUT2D eigenvalue weighted by molar-refractivity contribution is 0.460. The molecule has 1 N–H and O–H groups in total. The highest BCUT2D eigenvalue weighted by molar-refractivity contribution is 5.25. The van der Waals surface area contributed by atoms with Gasteiger partial charge in [-0.25, -0.2) is 4.98 Å². The van der Waals surface area contributed by atoms with Gasteiger partial charge in [-0.15, -0.1) is 0 Å². The van der Waals surface area contributed by atoms with Crippen LogP contribution in [0.4, 0.5) is 0 Å². The first-order chi connectivity index (χ1) is 9.83. The van der Waals surface area contributed by atoms with Gasteiger partial charge in [-0.2, -0.15) is 5.10 Å². The summed E-state index contributed by atoms with van der Waals surface area (Å²) in [5.41, 5.74) is 1.20. The zero-order valence-electron chi connectivity index (χ0n) is 11.7. The molecule has 0 spiro atoms. The van der Waals surface area contributed by atoms with Gasteiger partial charge in [0, 0.05) is 31.4 Å². The lowest BCUT2D eigenvalue weighted by Crippen LogP contribution is -2.15. The van der Waals surface area contributed by atoms with E-state index >= 15 is 0 Å². The Morgan fingerprint density at radius 1 is 1.45 bits per heavy atom. The number of aromatic nitrogens is 3. The van der Waals surface area contributed by atoms with Crippen LogP contribution in [-0.4, -0.2) is 20.8 Å². The van der Waals surface area contributed by atoms with Crippen molar-refractivity contribution in [2.45, 2.75) is 45.3 Å². The molecule has 20 heavy (non-hydrogen) atoms. The standard InChI is InChI=1S/C15H20N4O/c1-2-7-19-11-14(10-18-19)20-15-8-12(5-6-16-15)9-17-13-3-4-13/h5-6,8,10-11,13,17H,2-4,7,9H2,1H3. The van der Waals surface area contributed by atoms with Crippen molar-refractivity contribution in [1.29, 1.82) is 0 Å². The molecule has 1 saturated carbocycles. The topological polar surface area (TPSA) is 52.0 Å². The van der Waals surface area contributed by atoms with Gasteiger partial charge in [-0.05, 0) is 30.9 Å². The van der Waals surface area contributed by atoms with Crippen LogP contribution in [0.15, 0.2) is 30.7 Å². The first-order valence-electron chi connectivity index (χ1n) is 7.22. The van der Waals surface area contributed by atoms with Crippen molar-refractivity contribution in [3.63, 3.8) is 0 Å². The molecule has 0 aliphatic heterocycles. The number of nitrogens with zero attached hydrogens (tertiary/aromatic N) is 3. The van der Waals surface area contributed by atoms with Crippen LogP contribution >= 0.6 is 0 Å². The Balaban J connectivity index is 1.61. The molecule has 1 aliphatic carbocycles. The normalized spacial score (nSPS) is 14.4. The van der Waals surface area contributed by atoms with E-state index in [1.54, 1.807) is 12.4 Å². The summed E-state index contributed by atoms with van der Waals surface area (Å²) < 4.78 is 7.63. The summed E-state index contributed by atoms with van der Waals surface area (Å²) in [5.74, 6) is 1.36. The number of pyridine rings is 1. The van der Waals surface area contributed by atoms with E-state index in [0.717, 1.165) is 25.3 Å². The summed E-state index contributed by atoms with van der Waals surface area (Å²) in [6.07, 6.45) is 9.07. The maximum Gasteiger partial charge on any atom is 0.219 e. The van der Waals surface area contributed by atoms with Crippen molar-refractivity contribution >= 4 is 0 Å². The highest BCUT2D eigenvalue weighted by Crippen LogP contribution is 2.21. The van der Waals surface area contributed by atoms with E-state index in [1.807, 2.05) is 23.0 Å². The van der Waals surface area contributed by atoms with Crippen molar-refractivity contribution in [2.75, 3.05) is 0 Å². The molecule has 1 fully saturated rings. The Hall–Kier alpha value is -1.88. The van der Waals surface area contributed by atoms with Gasteiger partial charge in [-0.1, -0.05) is 6.92 Å². The molecular weight excluding hydrogens is 252 g/mol. The summed E-state index contributed by atoms with van der Waals surface area (Å²) in [5, 5.41) is 7.73. The predicted molar refractivity (Wildman–Crippen MR) is 76.7 cm³/mol. The van der Waals surface area contributed by atoms with Gasteiger partial charge in [0.25, 0.3) is 0 Å². The average molecular weight is 272 g/mol. The fraction of sp³-hybridized carbons (Fsp3) is 0.467. The molecule has 2 aromatic heterocycles. The lowest BCUT2D eigenvalue weighted by Gasteiger charge is -2.05. The van der Waals surface area contributed by atoms with Crippen LogP contribution < -0.4 is 10.1 Å². The third-order valence-corrected chi connectivity index (χ3v) is 3.26. The monoisotopic (exact) mass is 272 g/mol. The van der Waals surface area contributed by atoms with E-state index in [1.165, 1.54) is 18.4 Å². The number of nitrogens with one attached hydrogen (secondary N) is 1. The van der Waals surface area contributed by atoms with Crippen LogP contribution in [0.5, 0.6) is 11.6 Å². The minimum atomic E-state index is 0.621. The van der Waals surface area contributed by atoms with Gasteiger partial charge in [-0.3, -0.25) is 4.68 Å². The summed E-state index contributed by atoms with van der Waals surface area (Å²) >= 11 is 0. The largest absolute Gasteiger partial charge is 0.436 e. The van der Waals surface area contributed by atoms with E-state index < -0.39 is 0 Å². The predicted octanol–water partition coefficient (Wildman–Crippen LogP) is 2.73. The van der Waals surface area contributed by atoms with Crippen LogP contribution in [0.3, 0.4) is 0 Å². The summed E-state index contributed by atoms with van der Waals surface area (Å²) in [4.78, 5) is 4.25. The van der Waals surface area contributed by atoms with E-state index in [9.17, 15) is 0 Å². The molecule has 2 heterocycles. The third kappa shape index (κ3) is 3.57. The van der Waals surface area contributed by atoms with E-state index in [0.29, 0.717) is 11.9 Å². The van der Waals surface area contributed by atoms with Crippen molar-refractivity contribution in [3.05, 3.63) is 36.3 Å². The maximum absolute atomic E-state index is 5.75. The first kappa shape index (κ1) is 13.1. The Bertz CT molecular complexity index is 563. The molecule has 5 nitrogen and oxygen atoms in total. The second-order valence-corrected chi connectivity index (χ2v) is 5.20. The average Bonchev–Trinajstić information content (AvgIpc) is 3.19. The van der Waals surface area contributed by atoms with Gasteiger partial charge in [0.05, 0.1) is 12.4 Å². The Labute approximate surface area is 119 Å². The highest BCUT2D eigenvalue weighted by Gasteiger charge is 2.19. The van der Waals surface area contributed by atoms with Crippen LogP contribution in [0.25, 0.3) is 0 Å². The van der Waals surface area contributed by atoms with Gasteiger partial charge in [0.1, 0.15) is 0 Å². The molecule has 3 rings (SSSR count). The SMILES string of the molecule is CCCn1cc(Oc2cc(CNC3CC3)ccn2)cn1. The lowest BCUT2D eigenvalue weighted by atomic mass is 10.2. The molecule has 0 amide bonds. The van der Waals surface area contributed by atoms with Crippen LogP contribution in [0.2, 0.25) is 0 Å². The molecule has 2 aromatic rings. The fourth-order valence-corrected chi connectivity index (χ4v) is 2.04. The van der Waals surface area contributed by atoms with E-state index in [4.69, 9.17) is 4.74 Å². The fourth-order valence-electron chi connectivity index (χ4n) is 2.04. The second kappa shape index (κ2) is 6.05. The Kier molecular flexibility index (Phi) is 3.97. The van der Waals surface area contributed by atoms with Crippen molar-refractivity contribution in [3.8, 4) is 11.6 Å². The minimum absolute atomic E-state index is 0.621. The number of ether oxygens (including phenoxy) is 1. The minimum Gasteiger partial charge on any atom is -0.436 e. The van der Waals surface area contributed by atoms with Crippen LogP contribution in [0.1, 0.15) is 31.7 Å². The molecule has 0 atom stereocenters. The summed E-state index contributed by atoms with van der Waals surface area (Å²) in [6, 6.07) is 4.70. The molecule has 0 unspecified atom stereocenters. The van der Waals surface area contributed by atoms with Gasteiger partial charge in [0.15, 0.2) is 5.75 Å². The molecule has 0 radical (unpaired) electrons. The summed E-state index contributed by atoms with van der Waals surface area (Å²) in [6.45, 7) is 3.90. The second-order valence-electron chi connectivity index (χ2n) is 5.20. The van der Waals surface area contributed by atoms with Gasteiger partial charge < -0.3 is 10.1 Å². The van der Waals surface area contributed by atoms with Crippen molar-refractivity contribution < 1.29 is 4.74 Å². The number of hydrogen-bond acceptors (Lipinski definition) is 4. The zero-order chi connectivity index (χ0) is 13.8. The van der Waals surface area contributed by atoms with Gasteiger partial charge >= 0.3 is 0 Å². The Morgan fingerprint density at radius 2 is 2.35 bits per heavy atom. The molecule has 5 heteroatoms. The van der Waals surface area contributed by atoms with Crippen molar-refractivity contribution in [2.24, 2.45) is 0 Å². The smallest absolute Gasteiger partial charge is 0.219 e. The van der Waals surface area contributed by atoms with Gasteiger partial charge in [0.2, 0.25) is 5.88 Å². The van der Waals surface area contributed by atoms with E-state index in [-0.39, 0.29) is 0 Å². The molecular formula is C15H20N4O.